The number of amides is 2. The zero-order valence-electron chi connectivity index (χ0n) is 18.6. The lowest BCUT2D eigenvalue weighted by molar-refractivity contribution is -0.129. The third kappa shape index (κ3) is 5.48. The molecule has 2 aromatic rings. The Morgan fingerprint density at radius 2 is 1.91 bits per heavy atom. The number of thioether (sulfide) groups is 1. The Morgan fingerprint density at radius 1 is 1.18 bits per heavy atom. The fourth-order valence-corrected chi connectivity index (χ4v) is 5.33. The lowest BCUT2D eigenvalue weighted by Crippen LogP contribution is -2.40. The normalized spacial score (nSPS) is 17.9. The van der Waals surface area contributed by atoms with Crippen molar-refractivity contribution >= 4 is 63.7 Å². The molecule has 1 fully saturated rings. The fraction of sp³-hybridized carbons (Fsp3) is 0.320. The Labute approximate surface area is 212 Å². The van der Waals surface area contributed by atoms with E-state index in [1.54, 1.807) is 41.3 Å². The van der Waals surface area contributed by atoms with E-state index in [1.807, 2.05) is 7.05 Å². The van der Waals surface area contributed by atoms with Crippen molar-refractivity contribution in [3.8, 4) is 0 Å². The lowest BCUT2D eigenvalue weighted by Gasteiger charge is -2.31. The van der Waals surface area contributed by atoms with Crippen LogP contribution in [0.25, 0.3) is 6.08 Å². The molecule has 1 saturated carbocycles. The number of aliphatic imine (C=N–C) groups is 1. The highest BCUT2D eigenvalue weighted by atomic mass is 35.5. The number of hydrogen-bond acceptors (Lipinski definition) is 4. The van der Waals surface area contributed by atoms with Crippen molar-refractivity contribution in [1.29, 1.82) is 0 Å². The van der Waals surface area contributed by atoms with Gasteiger partial charge in [0.2, 0.25) is 5.91 Å². The van der Waals surface area contributed by atoms with E-state index in [1.165, 1.54) is 23.5 Å². The number of benzene rings is 2. The second kappa shape index (κ2) is 10.9. The van der Waals surface area contributed by atoms with E-state index in [0.29, 0.717) is 15.6 Å². The first-order valence-electron chi connectivity index (χ1n) is 11.1. The summed E-state index contributed by atoms with van der Waals surface area (Å²) in [6.07, 6.45) is 7.04. The molecule has 0 radical (unpaired) electrons. The first-order chi connectivity index (χ1) is 16.3. The minimum atomic E-state index is -0.550. The minimum absolute atomic E-state index is 0.0394. The molecule has 34 heavy (non-hydrogen) atoms. The van der Waals surface area contributed by atoms with Crippen LogP contribution in [0.15, 0.2) is 53.2 Å². The van der Waals surface area contributed by atoms with Gasteiger partial charge in [0, 0.05) is 13.1 Å². The minimum Gasteiger partial charge on any atom is -0.342 e. The maximum absolute atomic E-state index is 14.6. The van der Waals surface area contributed by atoms with Crippen LogP contribution in [0.5, 0.6) is 0 Å². The predicted molar refractivity (Wildman–Crippen MR) is 138 cm³/mol. The molecule has 9 heteroatoms. The third-order valence-electron chi connectivity index (χ3n) is 6.01. The zero-order chi connectivity index (χ0) is 24.2. The SMILES string of the molecule is CN(C(=O)CSC1=N/C(=C/c2ccc(Cl)c(Cl)c2)C(=O)N1c1ccccc1F)C1CCCCC1. The van der Waals surface area contributed by atoms with Crippen LogP contribution in [0, 0.1) is 5.82 Å². The Balaban J connectivity index is 1.59. The third-order valence-corrected chi connectivity index (χ3v) is 7.67. The number of amidine groups is 1. The molecule has 1 aliphatic heterocycles. The second-order valence-electron chi connectivity index (χ2n) is 8.27. The summed E-state index contributed by atoms with van der Waals surface area (Å²) >= 11 is 13.2. The summed E-state index contributed by atoms with van der Waals surface area (Å²) in [4.78, 5) is 33.6. The van der Waals surface area contributed by atoms with Crippen molar-refractivity contribution < 1.29 is 14.0 Å². The van der Waals surface area contributed by atoms with E-state index in [-0.39, 0.29) is 34.3 Å². The molecule has 0 bridgehead atoms. The van der Waals surface area contributed by atoms with Crippen molar-refractivity contribution in [2.24, 2.45) is 4.99 Å². The van der Waals surface area contributed by atoms with E-state index in [4.69, 9.17) is 23.2 Å². The van der Waals surface area contributed by atoms with Crippen LogP contribution in [0.3, 0.4) is 0 Å². The molecule has 2 aromatic carbocycles. The maximum atomic E-state index is 14.6. The molecule has 2 amide bonds. The molecule has 2 aliphatic rings. The highest BCUT2D eigenvalue weighted by Gasteiger charge is 2.34. The van der Waals surface area contributed by atoms with Gasteiger partial charge in [-0.2, -0.15) is 0 Å². The number of carbonyl (C=O) groups excluding carboxylic acids is 2. The van der Waals surface area contributed by atoms with Crippen LogP contribution >= 0.6 is 35.0 Å². The predicted octanol–water partition coefficient (Wildman–Crippen LogP) is 6.40. The molecule has 0 aromatic heterocycles. The number of carbonyl (C=O) groups is 2. The van der Waals surface area contributed by atoms with Crippen LogP contribution in [0.1, 0.15) is 37.7 Å². The van der Waals surface area contributed by atoms with Gasteiger partial charge in [0.15, 0.2) is 5.17 Å². The standard InChI is InChI=1S/C25H24Cl2FN3O2S/c1-30(17-7-3-2-4-8-17)23(32)15-34-25-29-21(14-16-11-12-18(26)19(27)13-16)24(33)31(25)22-10-6-5-9-20(22)28/h5-6,9-14,17H,2-4,7-8,15H2,1H3/b21-14+. The quantitative estimate of drug-likeness (QED) is 0.429. The van der Waals surface area contributed by atoms with Gasteiger partial charge in [-0.1, -0.05) is 72.4 Å². The summed E-state index contributed by atoms with van der Waals surface area (Å²) in [6.45, 7) is 0. The van der Waals surface area contributed by atoms with Crippen LogP contribution in [-0.4, -0.2) is 40.7 Å². The van der Waals surface area contributed by atoms with Crippen LogP contribution in [0.2, 0.25) is 10.0 Å². The number of nitrogens with zero attached hydrogens (tertiary/aromatic N) is 3. The van der Waals surface area contributed by atoms with Gasteiger partial charge in [0.05, 0.1) is 21.5 Å². The molecule has 178 valence electrons. The van der Waals surface area contributed by atoms with Crippen molar-refractivity contribution in [3.63, 3.8) is 0 Å². The number of para-hydroxylation sites is 1. The molecule has 0 N–H and O–H groups in total. The van der Waals surface area contributed by atoms with Gasteiger partial charge < -0.3 is 4.90 Å². The summed E-state index contributed by atoms with van der Waals surface area (Å²) in [5.74, 6) is -0.968. The van der Waals surface area contributed by atoms with Crippen molar-refractivity contribution in [1.82, 2.24) is 4.90 Å². The highest BCUT2D eigenvalue weighted by Crippen LogP contribution is 2.32. The average Bonchev–Trinajstić information content (AvgIpc) is 3.15. The smallest absolute Gasteiger partial charge is 0.283 e. The molecule has 1 heterocycles. The largest absolute Gasteiger partial charge is 0.342 e. The van der Waals surface area contributed by atoms with Crippen LogP contribution in [0.4, 0.5) is 10.1 Å². The monoisotopic (exact) mass is 519 g/mol. The maximum Gasteiger partial charge on any atom is 0.283 e. The molecule has 0 atom stereocenters. The second-order valence-corrected chi connectivity index (χ2v) is 10.0. The van der Waals surface area contributed by atoms with Gasteiger partial charge >= 0.3 is 0 Å². The highest BCUT2D eigenvalue weighted by molar-refractivity contribution is 8.14. The summed E-state index contributed by atoms with van der Waals surface area (Å²) < 4.78 is 14.6. The fourth-order valence-electron chi connectivity index (χ4n) is 4.10. The molecule has 0 spiro atoms. The number of anilines is 1. The van der Waals surface area contributed by atoms with Crippen LogP contribution < -0.4 is 4.90 Å². The Bertz CT molecular complexity index is 1160. The van der Waals surface area contributed by atoms with E-state index in [0.717, 1.165) is 37.4 Å². The van der Waals surface area contributed by atoms with Gasteiger partial charge in [-0.3, -0.25) is 14.5 Å². The molecule has 0 saturated heterocycles. The Morgan fingerprint density at radius 3 is 2.62 bits per heavy atom. The average molecular weight is 520 g/mol. The van der Waals surface area contributed by atoms with E-state index < -0.39 is 11.7 Å². The van der Waals surface area contributed by atoms with Crippen molar-refractivity contribution in [2.75, 3.05) is 17.7 Å². The van der Waals surface area contributed by atoms with Crippen molar-refractivity contribution in [3.05, 3.63) is 69.6 Å². The summed E-state index contributed by atoms with van der Waals surface area (Å²) in [5, 5.41) is 1.00. The van der Waals surface area contributed by atoms with E-state index in [2.05, 4.69) is 4.99 Å². The number of hydrogen-bond donors (Lipinski definition) is 0. The van der Waals surface area contributed by atoms with Gasteiger partial charge in [-0.05, 0) is 48.7 Å². The van der Waals surface area contributed by atoms with Gasteiger partial charge in [0.1, 0.15) is 11.5 Å². The van der Waals surface area contributed by atoms with Gasteiger partial charge in [-0.25, -0.2) is 9.38 Å². The number of halogens is 3. The van der Waals surface area contributed by atoms with Gasteiger partial charge in [-0.15, -0.1) is 0 Å². The summed E-state index contributed by atoms with van der Waals surface area (Å²) in [6, 6.07) is 11.2. The van der Waals surface area contributed by atoms with Crippen molar-refractivity contribution in [2.45, 2.75) is 38.1 Å². The topological polar surface area (TPSA) is 53.0 Å². The lowest BCUT2D eigenvalue weighted by atomic mass is 9.94. The molecular formula is C25H24Cl2FN3O2S. The molecule has 1 aliphatic carbocycles. The Kier molecular flexibility index (Phi) is 7.96. The summed E-state index contributed by atoms with van der Waals surface area (Å²) in [7, 11) is 1.82. The zero-order valence-corrected chi connectivity index (χ0v) is 21.0. The van der Waals surface area contributed by atoms with E-state index in [9.17, 15) is 14.0 Å². The first-order valence-corrected chi connectivity index (χ1v) is 12.8. The molecular weight excluding hydrogens is 496 g/mol. The van der Waals surface area contributed by atoms with E-state index >= 15 is 0 Å². The van der Waals surface area contributed by atoms with Gasteiger partial charge in [0.25, 0.3) is 5.91 Å². The molecule has 4 rings (SSSR count). The number of rotatable bonds is 5. The summed E-state index contributed by atoms with van der Waals surface area (Å²) in [5.41, 5.74) is 0.843. The molecule has 5 nitrogen and oxygen atoms in total. The Hall–Kier alpha value is -2.35. The van der Waals surface area contributed by atoms with Crippen LogP contribution in [-0.2, 0) is 9.59 Å². The first kappa shape index (κ1) is 24.8. The molecule has 0 unspecified atom stereocenters.